The molecule has 0 fully saturated rings. The highest BCUT2D eigenvalue weighted by molar-refractivity contribution is 5.84. The van der Waals surface area contributed by atoms with E-state index in [-0.39, 0.29) is 16.8 Å². The van der Waals surface area contributed by atoms with E-state index < -0.39 is 0 Å². The van der Waals surface area contributed by atoms with Gasteiger partial charge in [-0.3, -0.25) is 0 Å². The average molecular weight is 428 g/mol. The molecule has 32 heavy (non-hydrogen) atoms. The number of halogens is 1. The van der Waals surface area contributed by atoms with Gasteiger partial charge >= 0.3 is 0 Å². The van der Waals surface area contributed by atoms with Gasteiger partial charge in [0, 0.05) is 32.4 Å². The van der Waals surface area contributed by atoms with Crippen molar-refractivity contribution in [1.29, 1.82) is 0 Å². The molecule has 164 valence electrons. The van der Waals surface area contributed by atoms with E-state index in [1.54, 1.807) is 0 Å². The van der Waals surface area contributed by atoms with Crippen LogP contribution in [0.1, 0.15) is 52.7 Å². The van der Waals surface area contributed by atoms with Crippen molar-refractivity contribution < 1.29 is 8.96 Å². The first-order chi connectivity index (χ1) is 15.0. The third-order valence-electron chi connectivity index (χ3n) is 5.83. The fourth-order valence-electron chi connectivity index (χ4n) is 4.39. The lowest BCUT2D eigenvalue weighted by molar-refractivity contribution is -0.720. The van der Waals surface area contributed by atoms with Crippen molar-refractivity contribution >= 4 is 11.0 Å². The minimum absolute atomic E-state index is 0.0528. The van der Waals surface area contributed by atoms with E-state index in [1.165, 1.54) is 23.3 Å². The van der Waals surface area contributed by atoms with Crippen LogP contribution in [-0.2, 0) is 11.0 Å². The smallest absolute Gasteiger partial charge is 0.234 e. The molecule has 4 rings (SSSR count). The molecule has 0 aliphatic heterocycles. The second-order valence-electron chi connectivity index (χ2n) is 10.6. The van der Waals surface area contributed by atoms with Crippen LogP contribution in [0, 0.1) is 12.7 Å². The maximum atomic E-state index is 13.8. The van der Waals surface area contributed by atoms with E-state index in [9.17, 15) is 4.39 Å². The Hall–Kier alpha value is -3.07. The van der Waals surface area contributed by atoms with Gasteiger partial charge in [0.2, 0.25) is 11.2 Å². The van der Waals surface area contributed by atoms with Crippen LogP contribution in [0.2, 0.25) is 0 Å². The Morgan fingerprint density at radius 1 is 0.812 bits per heavy atom. The van der Waals surface area contributed by atoms with Crippen LogP contribution in [0.25, 0.3) is 33.5 Å². The van der Waals surface area contributed by atoms with Gasteiger partial charge in [0.1, 0.15) is 17.0 Å². The van der Waals surface area contributed by atoms with Crippen molar-refractivity contribution in [2.24, 2.45) is 0 Å². The van der Waals surface area contributed by atoms with E-state index in [2.05, 4.69) is 83.4 Å². The number of fused-ring (bicyclic) bond motifs is 1. The summed E-state index contributed by atoms with van der Waals surface area (Å²) in [5.41, 5.74) is 8.27. The maximum absolute atomic E-state index is 13.8. The Labute approximate surface area is 190 Å². The first kappa shape index (κ1) is 22.1. The standard InChI is InChI=1S/C29H32FN2/c1-19-12-17-22(23(18-19)28(2,3)4)27-26(20-13-15-21(30)16-14-20)31-24-10-8-9-11-25(24)32(27)29(5,6)7/h8-18H,1-7H3/q+1. The first-order valence-corrected chi connectivity index (χ1v) is 11.2. The highest BCUT2D eigenvalue weighted by atomic mass is 19.1. The summed E-state index contributed by atoms with van der Waals surface area (Å²) in [5.74, 6) is -0.245. The zero-order valence-corrected chi connectivity index (χ0v) is 20.1. The molecule has 0 unspecified atom stereocenters. The second-order valence-corrected chi connectivity index (χ2v) is 10.6. The summed E-state index contributed by atoms with van der Waals surface area (Å²) in [7, 11) is 0. The largest absolute Gasteiger partial charge is 0.240 e. The van der Waals surface area contributed by atoms with Crippen molar-refractivity contribution in [3.8, 4) is 22.5 Å². The third kappa shape index (κ3) is 4.04. The van der Waals surface area contributed by atoms with Crippen LogP contribution >= 0.6 is 0 Å². The molecule has 1 heterocycles. The number of rotatable bonds is 2. The van der Waals surface area contributed by atoms with E-state index >= 15 is 0 Å². The molecule has 2 nitrogen and oxygen atoms in total. The topological polar surface area (TPSA) is 16.8 Å². The Bertz CT molecular complexity index is 1290. The van der Waals surface area contributed by atoms with Crippen LogP contribution in [0.15, 0.2) is 66.7 Å². The number of hydrogen-bond acceptors (Lipinski definition) is 1. The summed E-state index contributed by atoms with van der Waals surface area (Å²) in [6.07, 6.45) is 0. The Balaban J connectivity index is 2.23. The molecule has 0 aliphatic carbocycles. The molecular weight excluding hydrogens is 395 g/mol. The molecule has 0 N–H and O–H groups in total. The van der Waals surface area contributed by atoms with Crippen LogP contribution in [0.3, 0.4) is 0 Å². The van der Waals surface area contributed by atoms with E-state index in [0.717, 1.165) is 33.5 Å². The first-order valence-electron chi connectivity index (χ1n) is 11.2. The third-order valence-corrected chi connectivity index (χ3v) is 5.83. The van der Waals surface area contributed by atoms with Gasteiger partial charge in [-0.15, -0.1) is 0 Å². The molecule has 0 radical (unpaired) electrons. The van der Waals surface area contributed by atoms with Crippen molar-refractivity contribution in [3.63, 3.8) is 0 Å². The Morgan fingerprint density at radius 2 is 1.47 bits per heavy atom. The molecule has 0 saturated heterocycles. The van der Waals surface area contributed by atoms with Gasteiger partial charge in [-0.1, -0.05) is 50.6 Å². The monoisotopic (exact) mass is 427 g/mol. The molecule has 3 heteroatoms. The van der Waals surface area contributed by atoms with Gasteiger partial charge in [0.05, 0.1) is 5.56 Å². The number of aromatic nitrogens is 2. The summed E-state index contributed by atoms with van der Waals surface area (Å²) < 4.78 is 16.2. The predicted molar refractivity (Wildman–Crippen MR) is 131 cm³/mol. The molecule has 0 amide bonds. The number of hydrogen-bond donors (Lipinski definition) is 0. The Morgan fingerprint density at radius 3 is 2.09 bits per heavy atom. The van der Waals surface area contributed by atoms with E-state index in [0.29, 0.717) is 0 Å². The van der Waals surface area contributed by atoms with Crippen LogP contribution < -0.4 is 4.57 Å². The van der Waals surface area contributed by atoms with E-state index in [1.807, 2.05) is 24.3 Å². The lowest BCUT2D eigenvalue weighted by atomic mass is 9.81. The molecular formula is C29H32FN2+. The van der Waals surface area contributed by atoms with Crippen molar-refractivity contribution in [2.75, 3.05) is 0 Å². The lowest BCUT2D eigenvalue weighted by Gasteiger charge is -2.26. The van der Waals surface area contributed by atoms with Crippen LogP contribution in [-0.4, -0.2) is 4.98 Å². The summed E-state index contributed by atoms with van der Waals surface area (Å²) >= 11 is 0. The SMILES string of the molecule is Cc1ccc(-c2c(-c3ccc(F)cc3)nc3ccccc3[n+]2C(C)(C)C)c(C(C)(C)C)c1. The van der Waals surface area contributed by atoms with Crippen molar-refractivity contribution in [1.82, 2.24) is 4.98 Å². The lowest BCUT2D eigenvalue weighted by Crippen LogP contribution is -2.53. The maximum Gasteiger partial charge on any atom is 0.240 e. The summed E-state index contributed by atoms with van der Waals surface area (Å²) in [6, 6.07) is 21.6. The van der Waals surface area contributed by atoms with Gasteiger partial charge < -0.3 is 0 Å². The highest BCUT2D eigenvalue weighted by Crippen LogP contribution is 2.38. The second kappa shape index (κ2) is 7.81. The molecule has 3 aromatic carbocycles. The van der Waals surface area contributed by atoms with Gasteiger partial charge in [-0.2, -0.15) is 4.57 Å². The van der Waals surface area contributed by atoms with E-state index in [4.69, 9.17) is 4.98 Å². The molecule has 0 spiro atoms. The van der Waals surface area contributed by atoms with Gasteiger partial charge in [-0.25, -0.2) is 9.37 Å². The summed E-state index contributed by atoms with van der Waals surface area (Å²) in [6.45, 7) is 15.6. The van der Waals surface area contributed by atoms with Gasteiger partial charge in [0.25, 0.3) is 0 Å². The minimum Gasteiger partial charge on any atom is -0.234 e. The number of aryl methyl sites for hydroxylation is 1. The normalized spacial score (nSPS) is 12.4. The van der Waals surface area contributed by atoms with Crippen LogP contribution in [0.4, 0.5) is 4.39 Å². The number of benzene rings is 3. The van der Waals surface area contributed by atoms with Crippen molar-refractivity contribution in [2.45, 2.75) is 59.4 Å². The Kier molecular flexibility index (Phi) is 5.40. The summed E-state index contributed by atoms with van der Waals surface area (Å²) in [5, 5.41) is 0. The quantitative estimate of drug-likeness (QED) is 0.305. The van der Waals surface area contributed by atoms with Gasteiger partial charge in [-0.05, 0) is 54.3 Å². The molecule has 0 atom stereocenters. The van der Waals surface area contributed by atoms with Crippen LogP contribution in [0.5, 0.6) is 0 Å². The predicted octanol–water partition coefficient (Wildman–Crippen LogP) is 7.36. The minimum atomic E-state index is -0.245. The van der Waals surface area contributed by atoms with Crippen molar-refractivity contribution in [3.05, 3.63) is 83.7 Å². The molecule has 4 aromatic rings. The fourth-order valence-corrected chi connectivity index (χ4v) is 4.39. The molecule has 1 aromatic heterocycles. The average Bonchev–Trinajstić information content (AvgIpc) is 2.71. The molecule has 0 aliphatic rings. The highest BCUT2D eigenvalue weighted by Gasteiger charge is 2.36. The number of para-hydroxylation sites is 2. The molecule has 0 bridgehead atoms. The zero-order valence-electron chi connectivity index (χ0n) is 20.1. The number of nitrogens with zero attached hydrogens (tertiary/aromatic N) is 2. The fraction of sp³-hybridized carbons (Fsp3) is 0.310. The molecule has 0 saturated carbocycles. The van der Waals surface area contributed by atoms with Gasteiger partial charge in [0.15, 0.2) is 5.54 Å². The summed E-state index contributed by atoms with van der Waals surface area (Å²) in [4.78, 5) is 5.13. The zero-order chi connectivity index (χ0) is 23.3.